The highest BCUT2D eigenvalue weighted by Crippen LogP contribution is 2.50. The summed E-state index contributed by atoms with van der Waals surface area (Å²) in [7, 11) is 0. The predicted molar refractivity (Wildman–Crippen MR) is 506 cm³/mol. The molecule has 0 fully saturated rings. The summed E-state index contributed by atoms with van der Waals surface area (Å²) >= 11 is 0. The third-order valence-corrected chi connectivity index (χ3v) is 24.8. The van der Waals surface area contributed by atoms with E-state index in [2.05, 4.69) is 476 Å². The lowest BCUT2D eigenvalue weighted by Gasteiger charge is -2.14. The molecular weight excluding hydrogens is 1450 g/mol. The Kier molecular flexibility index (Phi) is 15.9. The average molecular weight is 1530 g/mol. The molecule has 6 aromatic heterocycles. The van der Waals surface area contributed by atoms with Crippen molar-refractivity contribution in [1.82, 2.24) is 27.4 Å². The van der Waals surface area contributed by atoms with Crippen LogP contribution in [0.3, 0.4) is 0 Å². The largest absolute Gasteiger partial charge is 0.309 e. The second-order valence-electron chi connectivity index (χ2n) is 31.4. The Bertz CT molecular complexity index is 8330. The highest BCUT2D eigenvalue weighted by Gasteiger charge is 2.28. The molecule has 6 heteroatoms. The van der Waals surface area contributed by atoms with E-state index in [9.17, 15) is 0 Å². The van der Waals surface area contributed by atoms with Crippen LogP contribution in [0.25, 0.3) is 221 Å². The molecule has 0 aliphatic heterocycles. The van der Waals surface area contributed by atoms with E-state index >= 15 is 0 Å². The fourth-order valence-corrected chi connectivity index (χ4v) is 19.6. The van der Waals surface area contributed by atoms with E-state index in [1.54, 1.807) is 0 Å². The summed E-state index contributed by atoms with van der Waals surface area (Å²) < 4.78 is 14.6. The van der Waals surface area contributed by atoms with Gasteiger partial charge >= 0.3 is 0 Å². The van der Waals surface area contributed by atoms with Gasteiger partial charge in [0.1, 0.15) is 0 Å². The van der Waals surface area contributed by atoms with Crippen LogP contribution in [0.2, 0.25) is 0 Å². The first-order valence-corrected chi connectivity index (χ1v) is 41.3. The van der Waals surface area contributed by atoms with E-state index in [1.807, 2.05) is 0 Å². The third kappa shape index (κ3) is 10.8. The van der Waals surface area contributed by atoms with E-state index in [-0.39, 0.29) is 0 Å². The first-order valence-electron chi connectivity index (χ1n) is 41.3. The molecule has 6 nitrogen and oxygen atoms in total. The minimum absolute atomic E-state index is 1.14. The Morgan fingerprint density at radius 3 is 0.775 bits per heavy atom. The molecule has 19 aromatic carbocycles. The highest BCUT2D eigenvalue weighted by molar-refractivity contribution is 6.32. The topological polar surface area (TPSA) is 29.6 Å². The van der Waals surface area contributed by atoms with Crippen LogP contribution in [0.15, 0.2) is 449 Å². The fraction of sp³-hybridized carbons (Fsp3) is 0. The van der Waals surface area contributed by atoms with Crippen LogP contribution < -0.4 is 0 Å². The predicted octanol–water partition coefficient (Wildman–Crippen LogP) is 30.3. The van der Waals surface area contributed by atoms with Gasteiger partial charge in [-0.2, -0.15) is 0 Å². The van der Waals surface area contributed by atoms with Crippen molar-refractivity contribution in [1.29, 1.82) is 0 Å². The molecule has 0 unspecified atom stereocenters. The van der Waals surface area contributed by atoms with Crippen molar-refractivity contribution in [3.05, 3.63) is 449 Å². The number of hydrogen-bond donors (Lipinski definition) is 0. The maximum Gasteiger partial charge on any atom is 0.0647 e. The molecule has 0 radical (unpaired) electrons. The Labute approximate surface area is 692 Å². The molecule has 0 atom stereocenters. The minimum Gasteiger partial charge on any atom is -0.309 e. The molecule has 560 valence electrons. The Balaban J connectivity index is 0.000000137. The van der Waals surface area contributed by atoms with Crippen LogP contribution in [0.5, 0.6) is 0 Å². The molecule has 0 spiro atoms. The Morgan fingerprint density at radius 2 is 0.358 bits per heavy atom. The number of aromatic nitrogens is 6. The Hall–Kier alpha value is -16.0. The second-order valence-corrected chi connectivity index (χ2v) is 31.4. The van der Waals surface area contributed by atoms with Crippen molar-refractivity contribution in [2.75, 3.05) is 0 Å². The standard InChI is InChI=1S/C60H39N3.C54H35N3/c1-4-17-40(18-5-1)41-31-34-47(35-32-41)61-53-28-13-10-25-48(53)52-38-43(33-36-56(52)61)42-19-16-20-44(37-42)51-39-57-59(50-27-12-14-29-54(50)62(57)45-21-6-2-7-22-45)60-58(51)49-26-11-15-30-55(49)63(60)46-23-8-3-9-24-46;1-4-16-39(17-5-1)55-47-25-13-10-22-42(47)46-34-38(32-33-50(46)55)36-28-30-37(31-29-36)45-35-51-53(44-24-12-14-26-48(44)56(51)40-18-6-2-7-19-40)54-52(45)43-23-11-15-27-49(43)57(54)41-20-8-3-9-21-41/h1-39H;1-35H. The van der Waals surface area contributed by atoms with Crippen LogP contribution in [-0.4, -0.2) is 27.4 Å². The number of benzene rings is 19. The molecule has 25 aromatic rings. The van der Waals surface area contributed by atoms with Crippen molar-refractivity contribution in [3.63, 3.8) is 0 Å². The monoisotopic (exact) mass is 1530 g/mol. The average Bonchev–Trinajstić information content (AvgIpc) is 1.55. The maximum absolute atomic E-state index is 2.49. The number of fused-ring (bicyclic) bond motifs is 20. The number of para-hydroxylation sites is 11. The normalized spacial score (nSPS) is 11.8. The second kappa shape index (κ2) is 27.9. The van der Waals surface area contributed by atoms with E-state index in [0.717, 1.165) is 28.4 Å². The molecule has 0 bridgehead atoms. The van der Waals surface area contributed by atoms with Gasteiger partial charge in [-0.15, -0.1) is 0 Å². The number of rotatable bonds is 11. The molecule has 0 saturated heterocycles. The lowest BCUT2D eigenvalue weighted by Crippen LogP contribution is -1.96. The van der Waals surface area contributed by atoms with Crippen LogP contribution >= 0.6 is 0 Å². The molecule has 0 saturated carbocycles. The van der Waals surface area contributed by atoms with Crippen LogP contribution in [0.4, 0.5) is 0 Å². The first-order chi connectivity index (χ1) is 59.6. The van der Waals surface area contributed by atoms with Gasteiger partial charge in [-0.3, -0.25) is 0 Å². The molecule has 0 N–H and O–H groups in total. The molecule has 0 amide bonds. The van der Waals surface area contributed by atoms with Crippen LogP contribution in [-0.2, 0) is 0 Å². The fourth-order valence-electron chi connectivity index (χ4n) is 19.6. The smallest absolute Gasteiger partial charge is 0.0647 e. The molecule has 6 heterocycles. The van der Waals surface area contributed by atoms with E-state index in [0.29, 0.717) is 0 Å². The van der Waals surface area contributed by atoms with Crippen molar-refractivity contribution < 1.29 is 0 Å². The van der Waals surface area contributed by atoms with E-state index in [4.69, 9.17) is 0 Å². The van der Waals surface area contributed by atoms with Crippen LogP contribution in [0.1, 0.15) is 0 Å². The Morgan fingerprint density at radius 1 is 0.117 bits per heavy atom. The summed E-state index contributed by atoms with van der Waals surface area (Å²) in [5, 5.41) is 15.0. The zero-order valence-electron chi connectivity index (χ0n) is 65.4. The quantitative estimate of drug-likeness (QED) is 0.124. The van der Waals surface area contributed by atoms with Gasteiger partial charge in [-0.1, -0.05) is 297 Å². The SMILES string of the molecule is c1ccc(-c2ccc(-n3c4ccccc4c4cc(-c5cccc(-c6cc7c(c8ccccc8n7-c7ccccc7)c7c6c6ccccc6n7-c6ccccc6)c5)ccc43)cc2)cc1.c1ccc(-n2c3ccccc3c3cc(-c4ccc(-c5cc6c(c7ccccc7n6-c6ccccc6)c6c5c5ccccc5n6-c5ccccc5)cc4)ccc32)cc1. The lowest BCUT2D eigenvalue weighted by molar-refractivity contribution is 1.17. The lowest BCUT2D eigenvalue weighted by atomic mass is 9.94. The minimum atomic E-state index is 1.14. The molecule has 0 aliphatic rings. The molecule has 25 rings (SSSR count). The third-order valence-electron chi connectivity index (χ3n) is 24.8. The van der Waals surface area contributed by atoms with Gasteiger partial charge < -0.3 is 27.4 Å². The van der Waals surface area contributed by atoms with E-state index in [1.165, 1.54) is 192 Å². The number of nitrogens with zero attached hydrogens (tertiary/aromatic N) is 6. The molecule has 120 heavy (non-hydrogen) atoms. The van der Waals surface area contributed by atoms with Crippen LogP contribution in [0, 0.1) is 0 Å². The van der Waals surface area contributed by atoms with Gasteiger partial charge in [0.2, 0.25) is 0 Å². The van der Waals surface area contributed by atoms with Gasteiger partial charge in [-0.05, 0) is 207 Å². The van der Waals surface area contributed by atoms with Crippen molar-refractivity contribution in [3.8, 4) is 89.8 Å². The summed E-state index contributed by atoms with van der Waals surface area (Å²) in [6.45, 7) is 0. The zero-order valence-corrected chi connectivity index (χ0v) is 65.4. The summed E-state index contributed by atoms with van der Waals surface area (Å²) in [6.07, 6.45) is 0. The van der Waals surface area contributed by atoms with Gasteiger partial charge in [0.05, 0.1) is 66.2 Å². The van der Waals surface area contributed by atoms with E-state index < -0.39 is 0 Å². The summed E-state index contributed by atoms with van der Waals surface area (Å²) in [5.74, 6) is 0. The highest BCUT2D eigenvalue weighted by atomic mass is 15.0. The zero-order chi connectivity index (χ0) is 78.9. The van der Waals surface area contributed by atoms with Crippen molar-refractivity contribution >= 4 is 131 Å². The van der Waals surface area contributed by atoms with Crippen molar-refractivity contribution in [2.45, 2.75) is 0 Å². The first kappa shape index (κ1) is 68.4. The van der Waals surface area contributed by atoms with Gasteiger partial charge in [-0.25, -0.2) is 0 Å². The van der Waals surface area contributed by atoms with Crippen molar-refractivity contribution in [2.24, 2.45) is 0 Å². The van der Waals surface area contributed by atoms with Gasteiger partial charge in [0, 0.05) is 98.8 Å². The molecular formula is C114H74N6. The maximum atomic E-state index is 2.49. The summed E-state index contributed by atoms with van der Waals surface area (Å²) in [6, 6.07) is 164. The van der Waals surface area contributed by atoms with Gasteiger partial charge in [0.25, 0.3) is 0 Å². The summed E-state index contributed by atoms with van der Waals surface area (Å²) in [4.78, 5) is 0. The van der Waals surface area contributed by atoms with Gasteiger partial charge in [0.15, 0.2) is 0 Å². The summed E-state index contributed by atoms with van der Waals surface area (Å²) in [5.41, 5.74) is 33.3. The molecule has 0 aliphatic carbocycles. The number of hydrogen-bond acceptors (Lipinski definition) is 0.